The molecule has 2 atom stereocenters. The molecule has 1 fully saturated rings. The summed E-state index contributed by atoms with van der Waals surface area (Å²) >= 11 is 0. The molecule has 0 saturated carbocycles. The van der Waals surface area contributed by atoms with Crippen molar-refractivity contribution in [1.29, 1.82) is 0 Å². The van der Waals surface area contributed by atoms with Crippen LogP contribution in [0.25, 0.3) is 11.0 Å². The molecule has 2 aliphatic heterocycles. The van der Waals surface area contributed by atoms with Gasteiger partial charge in [0.15, 0.2) is 0 Å². The van der Waals surface area contributed by atoms with Crippen LogP contribution in [0.2, 0.25) is 0 Å². The molecule has 3 heterocycles. The molecule has 3 aromatic rings. The molecule has 0 amide bonds. The number of hydrogen-bond donors (Lipinski definition) is 1. The second-order valence-corrected chi connectivity index (χ2v) is 8.98. The van der Waals surface area contributed by atoms with E-state index in [9.17, 15) is 5.11 Å². The highest BCUT2D eigenvalue weighted by molar-refractivity contribution is 5.79. The van der Waals surface area contributed by atoms with Gasteiger partial charge in [0.1, 0.15) is 0 Å². The summed E-state index contributed by atoms with van der Waals surface area (Å²) in [4.78, 5) is 9.15. The Morgan fingerprint density at radius 3 is 2.94 bits per heavy atom. The fourth-order valence-electron chi connectivity index (χ4n) is 4.93. The zero-order valence-electron chi connectivity index (χ0n) is 18.3. The molecule has 164 valence electrons. The molecule has 0 radical (unpaired) electrons. The molecule has 1 N–H and O–H groups in total. The normalized spacial score (nSPS) is 20.7. The number of nitrogens with zero attached hydrogens (tertiary/aromatic N) is 4. The molecule has 6 heteroatoms. The molecule has 0 bridgehead atoms. The van der Waals surface area contributed by atoms with E-state index in [1.54, 1.807) is 0 Å². The monoisotopic (exact) mass is 420 g/mol. The maximum Gasteiger partial charge on any atom is 0.0955 e. The zero-order valence-corrected chi connectivity index (χ0v) is 18.3. The van der Waals surface area contributed by atoms with E-state index in [2.05, 4.69) is 61.8 Å². The van der Waals surface area contributed by atoms with E-state index in [0.29, 0.717) is 13.2 Å². The Bertz CT molecular complexity index is 1030. The lowest BCUT2D eigenvalue weighted by molar-refractivity contribution is -0.0263. The maximum absolute atomic E-state index is 10.6. The quantitative estimate of drug-likeness (QED) is 0.665. The van der Waals surface area contributed by atoms with Gasteiger partial charge in [-0.3, -0.25) is 4.90 Å². The standard InChI is InChI=1S/C25H32N4O2/c1-27-18-26-24-9-8-21(13-25(24)27)29-11-4-7-23(16-29)31-17-22(30)15-28-12-10-19-5-2-3-6-20(19)14-28/h2-3,5-6,8-9,13,18,22-23,30H,4,7,10-12,14-17H2,1H3. The molecule has 0 spiro atoms. The van der Waals surface area contributed by atoms with Gasteiger partial charge in [0.2, 0.25) is 0 Å². The first-order chi connectivity index (χ1) is 15.2. The first-order valence-corrected chi connectivity index (χ1v) is 11.4. The highest BCUT2D eigenvalue weighted by Gasteiger charge is 2.23. The third-order valence-corrected chi connectivity index (χ3v) is 6.66. The number of piperidine rings is 1. The van der Waals surface area contributed by atoms with Crippen molar-refractivity contribution in [2.45, 2.75) is 38.0 Å². The number of hydrogen-bond acceptors (Lipinski definition) is 5. The summed E-state index contributed by atoms with van der Waals surface area (Å²) in [5.41, 5.74) is 6.22. The van der Waals surface area contributed by atoms with Gasteiger partial charge < -0.3 is 19.3 Å². The van der Waals surface area contributed by atoms with Gasteiger partial charge in [0, 0.05) is 45.5 Å². The Hall–Kier alpha value is -2.41. The van der Waals surface area contributed by atoms with Gasteiger partial charge in [-0.2, -0.15) is 0 Å². The lowest BCUT2D eigenvalue weighted by atomic mass is 10.00. The number of imidazole rings is 1. The second kappa shape index (κ2) is 8.99. The highest BCUT2D eigenvalue weighted by Crippen LogP contribution is 2.25. The Balaban J connectivity index is 1.13. The minimum Gasteiger partial charge on any atom is -0.389 e. The number of ether oxygens (including phenoxy) is 1. The highest BCUT2D eigenvalue weighted by atomic mass is 16.5. The molecule has 5 rings (SSSR count). The SMILES string of the molecule is Cn1cnc2ccc(N3CCCC(OCC(O)CN4CCc5ccccc5C4)C3)cc21. The van der Waals surface area contributed by atoms with Crippen molar-refractivity contribution in [1.82, 2.24) is 14.5 Å². The van der Waals surface area contributed by atoms with Crippen LogP contribution in [-0.2, 0) is 24.8 Å². The summed E-state index contributed by atoms with van der Waals surface area (Å²) < 4.78 is 8.23. The number of aliphatic hydroxyl groups is 1. The summed E-state index contributed by atoms with van der Waals surface area (Å²) in [7, 11) is 2.03. The number of β-amino-alcohol motifs (C(OH)–C–C–N with tert-alkyl or cyclic N) is 1. The van der Waals surface area contributed by atoms with Crippen molar-refractivity contribution in [3.05, 3.63) is 59.9 Å². The molecule has 2 aliphatic rings. The first kappa shape index (κ1) is 20.5. The maximum atomic E-state index is 10.6. The molecular formula is C25H32N4O2. The van der Waals surface area contributed by atoms with Crippen molar-refractivity contribution in [2.24, 2.45) is 7.05 Å². The number of fused-ring (bicyclic) bond motifs is 2. The van der Waals surface area contributed by atoms with Gasteiger partial charge in [0.05, 0.1) is 36.2 Å². The third-order valence-electron chi connectivity index (χ3n) is 6.66. The number of rotatable bonds is 6. The Morgan fingerprint density at radius 1 is 1.16 bits per heavy atom. The van der Waals surface area contributed by atoms with Gasteiger partial charge >= 0.3 is 0 Å². The summed E-state index contributed by atoms with van der Waals surface area (Å²) in [6, 6.07) is 15.1. The van der Waals surface area contributed by atoms with Crippen LogP contribution in [0.15, 0.2) is 48.8 Å². The van der Waals surface area contributed by atoms with Crippen LogP contribution in [0.5, 0.6) is 0 Å². The van der Waals surface area contributed by atoms with Crippen molar-refractivity contribution in [3.63, 3.8) is 0 Å². The van der Waals surface area contributed by atoms with Crippen LogP contribution in [0.3, 0.4) is 0 Å². The summed E-state index contributed by atoms with van der Waals surface area (Å²) in [5.74, 6) is 0. The van der Waals surface area contributed by atoms with Crippen LogP contribution in [-0.4, -0.2) is 64.6 Å². The van der Waals surface area contributed by atoms with E-state index >= 15 is 0 Å². The minimum atomic E-state index is -0.452. The summed E-state index contributed by atoms with van der Waals surface area (Å²) in [5, 5.41) is 10.6. The molecule has 1 saturated heterocycles. The van der Waals surface area contributed by atoms with Crippen LogP contribution < -0.4 is 4.90 Å². The zero-order chi connectivity index (χ0) is 21.2. The number of aryl methyl sites for hydroxylation is 1. The number of aliphatic hydroxyl groups excluding tert-OH is 1. The van der Waals surface area contributed by atoms with Crippen LogP contribution in [0.1, 0.15) is 24.0 Å². The molecule has 6 nitrogen and oxygen atoms in total. The number of anilines is 1. The summed E-state index contributed by atoms with van der Waals surface area (Å²) in [6.07, 6.45) is 4.78. The molecule has 0 aliphatic carbocycles. The Morgan fingerprint density at radius 2 is 2.03 bits per heavy atom. The predicted octanol–water partition coefficient (Wildman–Crippen LogP) is 2.98. The van der Waals surface area contributed by atoms with Crippen molar-refractivity contribution in [3.8, 4) is 0 Å². The molecule has 1 aromatic heterocycles. The van der Waals surface area contributed by atoms with Gasteiger partial charge in [-0.15, -0.1) is 0 Å². The average Bonchev–Trinajstić information content (AvgIpc) is 3.18. The average molecular weight is 421 g/mol. The predicted molar refractivity (Wildman–Crippen MR) is 123 cm³/mol. The van der Waals surface area contributed by atoms with Crippen molar-refractivity contribution < 1.29 is 9.84 Å². The van der Waals surface area contributed by atoms with Gasteiger partial charge in [-0.25, -0.2) is 4.98 Å². The topological polar surface area (TPSA) is 53.8 Å². The third kappa shape index (κ3) is 4.61. The first-order valence-electron chi connectivity index (χ1n) is 11.4. The fourth-order valence-corrected chi connectivity index (χ4v) is 4.93. The number of benzene rings is 2. The van der Waals surface area contributed by atoms with E-state index < -0.39 is 6.10 Å². The van der Waals surface area contributed by atoms with Gasteiger partial charge in [0.25, 0.3) is 0 Å². The van der Waals surface area contributed by atoms with Crippen LogP contribution in [0.4, 0.5) is 5.69 Å². The fraction of sp³-hybridized carbons (Fsp3) is 0.480. The molecule has 2 aromatic carbocycles. The van der Waals surface area contributed by atoms with E-state index in [0.717, 1.165) is 56.5 Å². The Kier molecular flexibility index (Phi) is 5.94. The summed E-state index contributed by atoms with van der Waals surface area (Å²) in [6.45, 7) is 4.90. The van der Waals surface area contributed by atoms with E-state index in [1.165, 1.54) is 16.8 Å². The smallest absolute Gasteiger partial charge is 0.0955 e. The van der Waals surface area contributed by atoms with E-state index in [-0.39, 0.29) is 6.10 Å². The van der Waals surface area contributed by atoms with Crippen LogP contribution in [0, 0.1) is 0 Å². The Labute approximate surface area is 184 Å². The molecule has 2 unspecified atom stereocenters. The van der Waals surface area contributed by atoms with E-state index in [1.807, 2.05) is 13.4 Å². The molecule has 31 heavy (non-hydrogen) atoms. The lowest BCUT2D eigenvalue weighted by Gasteiger charge is -2.35. The van der Waals surface area contributed by atoms with Crippen LogP contribution >= 0.6 is 0 Å². The van der Waals surface area contributed by atoms with Crippen molar-refractivity contribution >= 4 is 16.7 Å². The van der Waals surface area contributed by atoms with Gasteiger partial charge in [-0.1, -0.05) is 24.3 Å². The number of aromatic nitrogens is 2. The van der Waals surface area contributed by atoms with E-state index in [4.69, 9.17) is 4.74 Å². The lowest BCUT2D eigenvalue weighted by Crippen LogP contribution is -2.42. The van der Waals surface area contributed by atoms with Gasteiger partial charge in [-0.05, 0) is 48.6 Å². The van der Waals surface area contributed by atoms with Crippen molar-refractivity contribution in [2.75, 3.05) is 37.7 Å². The second-order valence-electron chi connectivity index (χ2n) is 8.98. The largest absolute Gasteiger partial charge is 0.389 e. The minimum absolute atomic E-state index is 0.160. The molecular weight excluding hydrogens is 388 g/mol.